The molecule has 1 fully saturated rings. The molecule has 2 N–H and O–H groups in total. The second kappa shape index (κ2) is 5.38. The summed E-state index contributed by atoms with van der Waals surface area (Å²) in [4.78, 5) is 13.8. The van der Waals surface area contributed by atoms with Crippen LogP contribution in [0.5, 0.6) is 0 Å². The summed E-state index contributed by atoms with van der Waals surface area (Å²) in [5.41, 5.74) is 0.743. The number of ether oxygens (including phenoxy) is 1. The number of anilines is 1. The van der Waals surface area contributed by atoms with Gasteiger partial charge >= 0.3 is 0 Å². The Labute approximate surface area is 117 Å². The number of fused-ring (bicyclic) bond motifs is 1. The first kappa shape index (κ1) is 13.3. The Kier molecular flexibility index (Phi) is 3.58. The molecule has 0 radical (unpaired) electrons. The van der Waals surface area contributed by atoms with Gasteiger partial charge in [-0.05, 0) is 18.9 Å². The number of nitrogens with zero attached hydrogens (tertiary/aromatic N) is 3. The summed E-state index contributed by atoms with van der Waals surface area (Å²) in [5, 5.41) is 10.8. The van der Waals surface area contributed by atoms with Crippen LogP contribution in [0, 0.1) is 5.41 Å². The maximum Gasteiger partial charge on any atom is 0.142 e. The molecule has 108 valence electrons. The van der Waals surface area contributed by atoms with Crippen molar-refractivity contribution in [3.8, 4) is 0 Å². The van der Waals surface area contributed by atoms with Gasteiger partial charge in [0.1, 0.15) is 17.8 Å². The van der Waals surface area contributed by atoms with E-state index in [1.54, 1.807) is 6.33 Å². The first-order chi connectivity index (χ1) is 9.74. The summed E-state index contributed by atoms with van der Waals surface area (Å²) < 4.78 is 5.41. The topological polar surface area (TPSA) is 74.3 Å². The SMILES string of the molecule is CN(CC1(CO)CCOCC1)c1ncnc2[nH]ccc12. The predicted octanol–water partition coefficient (Wildman–Crippen LogP) is 1.18. The summed E-state index contributed by atoms with van der Waals surface area (Å²) in [5.74, 6) is 0.899. The van der Waals surface area contributed by atoms with E-state index in [1.807, 2.05) is 19.3 Å². The molecule has 0 atom stereocenters. The first-order valence-electron chi connectivity index (χ1n) is 6.92. The minimum atomic E-state index is -0.0966. The Hall–Kier alpha value is -1.66. The highest BCUT2D eigenvalue weighted by atomic mass is 16.5. The fourth-order valence-electron chi connectivity index (χ4n) is 2.91. The van der Waals surface area contributed by atoms with Gasteiger partial charge in [-0.15, -0.1) is 0 Å². The van der Waals surface area contributed by atoms with Crippen molar-refractivity contribution in [2.24, 2.45) is 5.41 Å². The van der Waals surface area contributed by atoms with Gasteiger partial charge in [0.05, 0.1) is 12.0 Å². The second-order valence-electron chi connectivity index (χ2n) is 5.56. The number of aromatic nitrogens is 3. The number of hydrogen-bond acceptors (Lipinski definition) is 5. The van der Waals surface area contributed by atoms with E-state index in [0.29, 0.717) is 0 Å². The average Bonchev–Trinajstić information content (AvgIpc) is 2.96. The van der Waals surface area contributed by atoms with Gasteiger partial charge in [-0.2, -0.15) is 0 Å². The molecule has 1 aliphatic heterocycles. The van der Waals surface area contributed by atoms with Crippen molar-refractivity contribution in [3.05, 3.63) is 18.6 Å². The van der Waals surface area contributed by atoms with Gasteiger partial charge < -0.3 is 19.7 Å². The van der Waals surface area contributed by atoms with Crippen LogP contribution >= 0.6 is 0 Å². The predicted molar refractivity (Wildman–Crippen MR) is 76.7 cm³/mol. The summed E-state index contributed by atoms with van der Waals surface area (Å²) in [7, 11) is 2.02. The average molecular weight is 276 g/mol. The highest BCUT2D eigenvalue weighted by molar-refractivity contribution is 5.87. The van der Waals surface area contributed by atoms with Crippen molar-refractivity contribution >= 4 is 16.9 Å². The van der Waals surface area contributed by atoms with E-state index >= 15 is 0 Å². The van der Waals surface area contributed by atoms with E-state index < -0.39 is 0 Å². The summed E-state index contributed by atoms with van der Waals surface area (Å²) in [6.45, 7) is 2.39. The first-order valence-corrected chi connectivity index (χ1v) is 6.92. The second-order valence-corrected chi connectivity index (χ2v) is 5.56. The molecule has 2 aromatic heterocycles. The van der Waals surface area contributed by atoms with E-state index in [2.05, 4.69) is 19.9 Å². The van der Waals surface area contributed by atoms with Crippen LogP contribution in [0.1, 0.15) is 12.8 Å². The normalized spacial score (nSPS) is 18.3. The maximum atomic E-state index is 9.79. The zero-order chi connectivity index (χ0) is 14.0. The molecule has 1 saturated heterocycles. The molecular formula is C14H20N4O2. The molecule has 6 nitrogen and oxygen atoms in total. The standard InChI is InChI=1S/C14H20N4O2/c1-18(8-14(9-19)3-6-20-7-4-14)13-11-2-5-15-12(11)16-10-17-13/h2,5,10,19H,3-4,6-9H2,1H3,(H,15,16,17). The fraction of sp³-hybridized carbons (Fsp3) is 0.571. The molecule has 20 heavy (non-hydrogen) atoms. The lowest BCUT2D eigenvalue weighted by Gasteiger charge is -2.38. The van der Waals surface area contributed by atoms with Crippen LogP contribution in [0.3, 0.4) is 0 Å². The maximum absolute atomic E-state index is 9.79. The minimum absolute atomic E-state index is 0.0966. The van der Waals surface area contributed by atoms with Gasteiger partial charge in [-0.1, -0.05) is 0 Å². The van der Waals surface area contributed by atoms with Crippen LogP contribution in [-0.2, 0) is 4.74 Å². The van der Waals surface area contributed by atoms with Crippen LogP contribution in [0.15, 0.2) is 18.6 Å². The van der Waals surface area contributed by atoms with Gasteiger partial charge in [0.2, 0.25) is 0 Å². The third-order valence-corrected chi connectivity index (χ3v) is 4.16. The third-order valence-electron chi connectivity index (χ3n) is 4.16. The number of H-pyrrole nitrogens is 1. The molecule has 0 bridgehead atoms. The number of aliphatic hydroxyl groups is 1. The largest absolute Gasteiger partial charge is 0.396 e. The fourth-order valence-corrected chi connectivity index (χ4v) is 2.91. The number of nitrogens with one attached hydrogen (secondary N) is 1. The Bertz CT molecular complexity index is 577. The van der Waals surface area contributed by atoms with Crippen molar-refractivity contribution in [1.29, 1.82) is 0 Å². The Morgan fingerprint density at radius 1 is 1.40 bits per heavy atom. The van der Waals surface area contributed by atoms with Crippen LogP contribution in [-0.4, -0.2) is 53.5 Å². The molecular weight excluding hydrogens is 256 g/mol. The minimum Gasteiger partial charge on any atom is -0.396 e. The Morgan fingerprint density at radius 2 is 2.20 bits per heavy atom. The van der Waals surface area contributed by atoms with Gasteiger partial charge in [0.25, 0.3) is 0 Å². The van der Waals surface area contributed by atoms with Crippen LogP contribution in [0.25, 0.3) is 11.0 Å². The van der Waals surface area contributed by atoms with Crippen molar-refractivity contribution in [2.75, 3.05) is 38.3 Å². The number of rotatable bonds is 4. The van der Waals surface area contributed by atoms with Crippen molar-refractivity contribution in [1.82, 2.24) is 15.0 Å². The molecule has 2 aromatic rings. The number of aliphatic hydroxyl groups excluding tert-OH is 1. The highest BCUT2D eigenvalue weighted by Gasteiger charge is 2.33. The molecule has 0 amide bonds. The van der Waals surface area contributed by atoms with Gasteiger partial charge in [0.15, 0.2) is 0 Å². The third kappa shape index (κ3) is 2.36. The molecule has 0 aliphatic carbocycles. The van der Waals surface area contributed by atoms with Crippen molar-refractivity contribution < 1.29 is 9.84 Å². The molecule has 0 aromatic carbocycles. The van der Waals surface area contributed by atoms with Crippen molar-refractivity contribution in [2.45, 2.75) is 12.8 Å². The zero-order valence-corrected chi connectivity index (χ0v) is 11.7. The molecule has 0 spiro atoms. The van der Waals surface area contributed by atoms with E-state index in [1.165, 1.54) is 0 Å². The van der Waals surface area contributed by atoms with E-state index in [-0.39, 0.29) is 12.0 Å². The lowest BCUT2D eigenvalue weighted by atomic mass is 9.80. The Balaban J connectivity index is 1.85. The van der Waals surface area contributed by atoms with E-state index in [9.17, 15) is 5.11 Å². The molecule has 6 heteroatoms. The Morgan fingerprint density at radius 3 is 2.95 bits per heavy atom. The molecule has 0 unspecified atom stereocenters. The van der Waals surface area contributed by atoms with E-state index in [4.69, 9.17) is 4.74 Å². The van der Waals surface area contributed by atoms with Gasteiger partial charge in [-0.3, -0.25) is 0 Å². The van der Waals surface area contributed by atoms with Crippen LogP contribution < -0.4 is 4.90 Å². The summed E-state index contributed by atoms with van der Waals surface area (Å²) in [6.07, 6.45) is 5.21. The molecule has 1 aliphatic rings. The number of aromatic amines is 1. The quantitative estimate of drug-likeness (QED) is 0.877. The van der Waals surface area contributed by atoms with Crippen LogP contribution in [0.2, 0.25) is 0 Å². The lowest BCUT2D eigenvalue weighted by Crippen LogP contribution is -2.43. The smallest absolute Gasteiger partial charge is 0.142 e. The summed E-state index contributed by atoms with van der Waals surface area (Å²) in [6, 6.07) is 1.98. The summed E-state index contributed by atoms with van der Waals surface area (Å²) >= 11 is 0. The van der Waals surface area contributed by atoms with Gasteiger partial charge in [0, 0.05) is 38.4 Å². The molecule has 0 saturated carbocycles. The molecule has 3 heterocycles. The highest BCUT2D eigenvalue weighted by Crippen LogP contribution is 2.32. The lowest BCUT2D eigenvalue weighted by molar-refractivity contribution is -0.0113. The van der Waals surface area contributed by atoms with Gasteiger partial charge in [-0.25, -0.2) is 9.97 Å². The molecule has 3 rings (SSSR count). The monoisotopic (exact) mass is 276 g/mol. The number of hydrogen-bond donors (Lipinski definition) is 2. The van der Waals surface area contributed by atoms with Crippen molar-refractivity contribution in [3.63, 3.8) is 0 Å². The van der Waals surface area contributed by atoms with E-state index in [0.717, 1.165) is 49.5 Å². The van der Waals surface area contributed by atoms with Crippen LogP contribution in [0.4, 0.5) is 5.82 Å². The zero-order valence-electron chi connectivity index (χ0n) is 11.7.